The molecule has 0 aromatic heterocycles. The maximum Gasteiger partial charge on any atom is 0.157 e. The summed E-state index contributed by atoms with van der Waals surface area (Å²) in [7, 11) is 0. The Morgan fingerprint density at radius 1 is 1.07 bits per heavy atom. The number of hydrogen-bond donors (Lipinski definition) is 1. The molecule has 2 N–H and O–H groups in total. The van der Waals surface area contributed by atoms with Crippen LogP contribution in [0.5, 0.6) is 0 Å². The average molecular weight is 366 g/mol. The molecule has 1 atom stereocenters. The first-order chi connectivity index (χ1) is 12.9. The van der Waals surface area contributed by atoms with E-state index in [2.05, 4.69) is 58.3 Å². The fraction of sp³-hybridized carbons (Fsp3) is 0.435. The Hall–Kier alpha value is -2.17. The molecular weight excluding hydrogens is 334 g/mol. The van der Waals surface area contributed by atoms with E-state index in [1.807, 2.05) is 26.8 Å². The summed E-state index contributed by atoms with van der Waals surface area (Å²) in [5.41, 5.74) is 9.49. The van der Waals surface area contributed by atoms with Crippen molar-refractivity contribution in [2.24, 2.45) is 11.1 Å². The van der Waals surface area contributed by atoms with E-state index in [4.69, 9.17) is 5.73 Å². The third-order valence-electron chi connectivity index (χ3n) is 5.30. The smallest absolute Gasteiger partial charge is 0.157 e. The van der Waals surface area contributed by atoms with Gasteiger partial charge in [-0.15, -0.1) is 0 Å². The summed E-state index contributed by atoms with van der Waals surface area (Å²) in [6.07, 6.45) is 0. The fourth-order valence-electron chi connectivity index (χ4n) is 3.58. The number of nitrogens with two attached hydrogens (primary N) is 1. The first kappa shape index (κ1) is 19.6. The van der Waals surface area contributed by atoms with Gasteiger partial charge < -0.3 is 10.6 Å². The van der Waals surface area contributed by atoms with Gasteiger partial charge in [0, 0.05) is 36.7 Å². The van der Waals surface area contributed by atoms with Gasteiger partial charge >= 0.3 is 0 Å². The molecule has 0 aliphatic carbocycles. The molecule has 144 valence electrons. The Morgan fingerprint density at radius 2 is 1.74 bits per heavy atom. The molecule has 0 bridgehead atoms. The molecule has 0 fully saturated rings. The first-order valence-corrected chi connectivity index (χ1v) is 9.72. The van der Waals surface area contributed by atoms with Crippen LogP contribution in [-0.2, 0) is 11.3 Å². The Kier molecular flexibility index (Phi) is 5.98. The van der Waals surface area contributed by atoms with Crippen LogP contribution in [0.15, 0.2) is 54.6 Å². The number of nitrogens with zero attached hydrogens (tertiary/aromatic N) is 2. The van der Waals surface area contributed by atoms with Crippen LogP contribution < -0.4 is 10.6 Å². The van der Waals surface area contributed by atoms with Crippen LogP contribution in [0.3, 0.4) is 0 Å². The number of Topliss-reactive ketones (excluding diaryl/α,β-unsaturated/α-hetero) is 1. The maximum absolute atomic E-state index is 12.7. The maximum atomic E-state index is 12.7. The Balaban J connectivity index is 1.79. The van der Waals surface area contributed by atoms with Gasteiger partial charge in [0.1, 0.15) is 0 Å². The van der Waals surface area contributed by atoms with Gasteiger partial charge in [-0.25, -0.2) is 0 Å². The van der Waals surface area contributed by atoms with E-state index in [1.165, 1.54) is 16.8 Å². The lowest BCUT2D eigenvalue weighted by Crippen LogP contribution is -2.47. The van der Waals surface area contributed by atoms with Crippen LogP contribution in [0.4, 0.5) is 5.69 Å². The fourth-order valence-corrected chi connectivity index (χ4v) is 3.58. The number of carbonyl (C=O) groups is 1. The molecule has 0 saturated heterocycles. The van der Waals surface area contributed by atoms with Crippen molar-refractivity contribution in [1.29, 1.82) is 0 Å². The molecule has 2 aromatic carbocycles. The van der Waals surface area contributed by atoms with Crippen molar-refractivity contribution in [2.75, 3.05) is 31.2 Å². The number of benzene rings is 2. The van der Waals surface area contributed by atoms with Crippen LogP contribution in [0.25, 0.3) is 0 Å². The molecule has 27 heavy (non-hydrogen) atoms. The number of fused-ring (bicyclic) bond motifs is 1. The predicted octanol–water partition coefficient (Wildman–Crippen LogP) is 3.62. The van der Waals surface area contributed by atoms with Gasteiger partial charge in [-0.2, -0.15) is 0 Å². The van der Waals surface area contributed by atoms with E-state index in [1.54, 1.807) is 0 Å². The van der Waals surface area contributed by atoms with Crippen LogP contribution in [0, 0.1) is 5.41 Å². The minimum Gasteiger partial charge on any atom is -0.351 e. The minimum atomic E-state index is -0.332. The van der Waals surface area contributed by atoms with Crippen LogP contribution in [0.1, 0.15) is 37.8 Å². The van der Waals surface area contributed by atoms with E-state index in [9.17, 15) is 4.79 Å². The third kappa shape index (κ3) is 4.76. The monoisotopic (exact) mass is 365 g/mol. The van der Waals surface area contributed by atoms with Crippen LogP contribution >= 0.6 is 0 Å². The van der Waals surface area contributed by atoms with Crippen molar-refractivity contribution in [3.63, 3.8) is 0 Å². The van der Waals surface area contributed by atoms with Crippen molar-refractivity contribution in [2.45, 2.75) is 33.2 Å². The zero-order valence-electron chi connectivity index (χ0n) is 16.7. The van der Waals surface area contributed by atoms with Crippen LogP contribution in [0.2, 0.25) is 0 Å². The lowest BCUT2D eigenvalue weighted by molar-refractivity contribution is -0.125. The summed E-state index contributed by atoms with van der Waals surface area (Å²) < 4.78 is 0. The summed E-state index contributed by atoms with van der Waals surface area (Å²) in [4.78, 5) is 17.3. The van der Waals surface area contributed by atoms with Crippen molar-refractivity contribution in [3.8, 4) is 0 Å². The number of rotatable bonds is 6. The van der Waals surface area contributed by atoms with Gasteiger partial charge in [-0.1, -0.05) is 69.3 Å². The third-order valence-corrected chi connectivity index (χ3v) is 5.30. The van der Waals surface area contributed by atoms with E-state index < -0.39 is 0 Å². The van der Waals surface area contributed by atoms with Crippen molar-refractivity contribution in [3.05, 3.63) is 65.7 Å². The largest absolute Gasteiger partial charge is 0.351 e. The van der Waals surface area contributed by atoms with Gasteiger partial charge in [-0.3, -0.25) is 9.69 Å². The standard InChI is InChI=1S/C23H31N3O/c1-23(2,3)22(27)16-26-17-25(14-19-11-7-8-12-21(19)26)15-20(13-24)18-9-5-4-6-10-18/h4-12,20H,13-17,24H2,1-3H3. The molecule has 3 rings (SSSR count). The zero-order chi connectivity index (χ0) is 19.4. The van der Waals surface area contributed by atoms with E-state index in [-0.39, 0.29) is 17.1 Å². The summed E-state index contributed by atoms with van der Waals surface area (Å²) in [5, 5.41) is 0. The highest BCUT2D eigenvalue weighted by Crippen LogP contribution is 2.29. The molecule has 0 radical (unpaired) electrons. The lowest BCUT2D eigenvalue weighted by Gasteiger charge is -2.40. The lowest BCUT2D eigenvalue weighted by atomic mass is 9.90. The highest BCUT2D eigenvalue weighted by molar-refractivity contribution is 5.88. The molecule has 2 aromatic rings. The first-order valence-electron chi connectivity index (χ1n) is 9.72. The van der Waals surface area contributed by atoms with Gasteiger partial charge in [0.25, 0.3) is 0 Å². The van der Waals surface area contributed by atoms with Crippen molar-refractivity contribution in [1.82, 2.24) is 4.90 Å². The summed E-state index contributed by atoms with van der Waals surface area (Å²) in [6.45, 7) is 9.55. The summed E-state index contributed by atoms with van der Waals surface area (Å²) >= 11 is 0. The molecule has 0 amide bonds. The molecular formula is C23H31N3O. The molecule has 4 heteroatoms. The second-order valence-electron chi connectivity index (χ2n) is 8.50. The number of carbonyl (C=O) groups excluding carboxylic acids is 1. The molecule has 0 saturated carbocycles. The highest BCUT2D eigenvalue weighted by atomic mass is 16.1. The molecule has 0 spiro atoms. The van der Waals surface area contributed by atoms with Crippen molar-refractivity contribution >= 4 is 11.5 Å². The van der Waals surface area contributed by atoms with Crippen LogP contribution in [-0.4, -0.2) is 37.0 Å². The molecule has 1 unspecified atom stereocenters. The molecule has 4 nitrogen and oxygen atoms in total. The highest BCUT2D eigenvalue weighted by Gasteiger charge is 2.29. The van der Waals surface area contributed by atoms with Gasteiger partial charge in [0.2, 0.25) is 0 Å². The topological polar surface area (TPSA) is 49.6 Å². The van der Waals surface area contributed by atoms with Gasteiger partial charge in [0.15, 0.2) is 5.78 Å². The summed E-state index contributed by atoms with van der Waals surface area (Å²) in [5.74, 6) is 0.550. The Labute approximate surface area is 163 Å². The summed E-state index contributed by atoms with van der Waals surface area (Å²) in [6, 6.07) is 18.9. The number of para-hydroxylation sites is 1. The Morgan fingerprint density at radius 3 is 2.41 bits per heavy atom. The van der Waals surface area contributed by atoms with E-state index >= 15 is 0 Å². The molecule has 1 heterocycles. The normalized spacial score (nSPS) is 16.1. The second-order valence-corrected chi connectivity index (χ2v) is 8.50. The molecule has 1 aliphatic heterocycles. The minimum absolute atomic E-state index is 0.262. The average Bonchev–Trinajstić information content (AvgIpc) is 2.66. The van der Waals surface area contributed by atoms with E-state index in [0.717, 1.165) is 19.8 Å². The molecule has 1 aliphatic rings. The quantitative estimate of drug-likeness (QED) is 0.849. The zero-order valence-corrected chi connectivity index (χ0v) is 16.7. The SMILES string of the molecule is CC(C)(C)C(=O)CN1CN(CC(CN)c2ccccc2)Cc2ccccc21. The van der Waals surface area contributed by atoms with Gasteiger partial charge in [-0.05, 0) is 17.2 Å². The number of ketones is 1. The van der Waals surface area contributed by atoms with E-state index in [0.29, 0.717) is 13.1 Å². The van der Waals surface area contributed by atoms with Crippen molar-refractivity contribution < 1.29 is 4.79 Å². The second kappa shape index (κ2) is 8.24. The predicted molar refractivity (Wildman–Crippen MR) is 112 cm³/mol. The number of anilines is 1. The number of hydrogen-bond acceptors (Lipinski definition) is 4. The van der Waals surface area contributed by atoms with Gasteiger partial charge in [0.05, 0.1) is 13.2 Å². The Bertz CT molecular complexity index is 767.